The zero-order valence-electron chi connectivity index (χ0n) is 6.84. The maximum absolute atomic E-state index is 7.57. The lowest BCUT2D eigenvalue weighted by Gasteiger charge is -1.89. The average molecular weight is 217 g/mol. The molecule has 0 aliphatic carbocycles. The first-order valence-electron chi connectivity index (χ1n) is 3.53. The smallest absolute Gasteiger partial charge is 0.0402 e. The van der Waals surface area contributed by atoms with Gasteiger partial charge in [-0.15, -0.1) is 0 Å². The Morgan fingerprint density at radius 2 is 2.00 bits per heavy atom. The summed E-state index contributed by atoms with van der Waals surface area (Å²) in [6, 6.07) is 8.21. The zero-order valence-corrected chi connectivity index (χ0v) is 8.43. The van der Waals surface area contributed by atoms with Crippen LogP contribution in [0, 0.1) is 6.92 Å². The van der Waals surface area contributed by atoms with Crippen molar-refractivity contribution in [2.24, 2.45) is 0 Å². The molecule has 11 heavy (non-hydrogen) atoms. The number of aliphatic hydroxyl groups is 1. The summed E-state index contributed by atoms with van der Waals surface area (Å²) in [6.07, 6.45) is 0. The molecule has 0 bridgehead atoms. The summed E-state index contributed by atoms with van der Waals surface area (Å²) < 4.78 is 1.15. The third-order valence-electron chi connectivity index (χ3n) is 0.980. The largest absolute Gasteiger partial charge is 0.397 e. The van der Waals surface area contributed by atoms with E-state index in [1.807, 2.05) is 12.1 Å². The van der Waals surface area contributed by atoms with Crippen molar-refractivity contribution in [1.29, 1.82) is 0 Å². The van der Waals surface area contributed by atoms with Crippen LogP contribution in [-0.2, 0) is 0 Å². The SMILES string of the molecule is CCO.Cc1cccc(Br)c1. The molecule has 62 valence electrons. The maximum atomic E-state index is 7.57. The number of benzene rings is 1. The molecular formula is C9H13BrO. The molecule has 0 radical (unpaired) electrons. The van der Waals surface area contributed by atoms with Gasteiger partial charge in [-0.05, 0) is 26.0 Å². The van der Waals surface area contributed by atoms with Gasteiger partial charge < -0.3 is 5.11 Å². The quantitative estimate of drug-likeness (QED) is 0.708. The molecule has 0 unspecified atom stereocenters. The van der Waals surface area contributed by atoms with E-state index in [1.54, 1.807) is 6.92 Å². The molecular weight excluding hydrogens is 204 g/mol. The summed E-state index contributed by atoms with van der Waals surface area (Å²) in [6.45, 7) is 4.00. The van der Waals surface area contributed by atoms with Gasteiger partial charge in [0.15, 0.2) is 0 Å². The van der Waals surface area contributed by atoms with Gasteiger partial charge in [0.05, 0.1) is 0 Å². The Hall–Kier alpha value is -0.340. The van der Waals surface area contributed by atoms with E-state index in [1.165, 1.54) is 5.56 Å². The molecule has 1 aromatic rings. The number of hydrogen-bond donors (Lipinski definition) is 1. The van der Waals surface area contributed by atoms with Crippen molar-refractivity contribution in [1.82, 2.24) is 0 Å². The minimum absolute atomic E-state index is 0.250. The average Bonchev–Trinajstić information content (AvgIpc) is 1.88. The first-order chi connectivity index (χ1) is 5.20. The molecule has 0 heterocycles. The van der Waals surface area contributed by atoms with E-state index < -0.39 is 0 Å². The first-order valence-corrected chi connectivity index (χ1v) is 4.33. The molecule has 1 N–H and O–H groups in total. The summed E-state index contributed by atoms with van der Waals surface area (Å²) >= 11 is 3.36. The summed E-state index contributed by atoms with van der Waals surface area (Å²) in [7, 11) is 0. The highest BCUT2D eigenvalue weighted by Crippen LogP contribution is 2.09. The van der Waals surface area contributed by atoms with E-state index in [-0.39, 0.29) is 6.61 Å². The van der Waals surface area contributed by atoms with Gasteiger partial charge in [-0.25, -0.2) is 0 Å². The van der Waals surface area contributed by atoms with Gasteiger partial charge in [-0.2, -0.15) is 0 Å². The van der Waals surface area contributed by atoms with E-state index in [9.17, 15) is 0 Å². The van der Waals surface area contributed by atoms with Crippen molar-refractivity contribution in [3.05, 3.63) is 34.3 Å². The maximum Gasteiger partial charge on any atom is 0.0402 e. The summed E-state index contributed by atoms with van der Waals surface area (Å²) in [5.74, 6) is 0. The molecule has 0 saturated heterocycles. The molecule has 1 rings (SSSR count). The first kappa shape index (κ1) is 10.7. The van der Waals surface area contributed by atoms with Crippen LogP contribution in [-0.4, -0.2) is 11.7 Å². The highest BCUT2D eigenvalue weighted by molar-refractivity contribution is 9.10. The van der Waals surface area contributed by atoms with E-state index in [2.05, 4.69) is 35.0 Å². The number of hydrogen-bond acceptors (Lipinski definition) is 1. The van der Waals surface area contributed by atoms with Crippen molar-refractivity contribution >= 4 is 15.9 Å². The van der Waals surface area contributed by atoms with Crippen LogP contribution in [0.2, 0.25) is 0 Å². The minimum atomic E-state index is 0.250. The highest BCUT2D eigenvalue weighted by atomic mass is 79.9. The Morgan fingerprint density at radius 3 is 2.27 bits per heavy atom. The fourth-order valence-corrected chi connectivity index (χ4v) is 1.12. The van der Waals surface area contributed by atoms with Gasteiger partial charge in [0, 0.05) is 11.1 Å². The topological polar surface area (TPSA) is 20.2 Å². The van der Waals surface area contributed by atoms with Gasteiger partial charge in [0.25, 0.3) is 0 Å². The van der Waals surface area contributed by atoms with Gasteiger partial charge in [0.1, 0.15) is 0 Å². The molecule has 0 saturated carbocycles. The molecule has 0 aromatic heterocycles. The fraction of sp³-hybridized carbons (Fsp3) is 0.333. The van der Waals surface area contributed by atoms with Crippen molar-refractivity contribution in [3.8, 4) is 0 Å². The minimum Gasteiger partial charge on any atom is -0.397 e. The third-order valence-corrected chi connectivity index (χ3v) is 1.47. The van der Waals surface area contributed by atoms with Gasteiger partial charge in [-0.1, -0.05) is 33.6 Å². The van der Waals surface area contributed by atoms with E-state index >= 15 is 0 Å². The van der Waals surface area contributed by atoms with Gasteiger partial charge >= 0.3 is 0 Å². The summed E-state index contributed by atoms with van der Waals surface area (Å²) in [4.78, 5) is 0. The molecule has 0 amide bonds. The zero-order chi connectivity index (χ0) is 8.69. The lowest BCUT2D eigenvalue weighted by atomic mass is 10.2. The molecule has 1 nitrogen and oxygen atoms in total. The predicted molar refractivity (Wildman–Crippen MR) is 51.6 cm³/mol. The standard InChI is InChI=1S/C7H7Br.C2H6O/c1-6-3-2-4-7(8)5-6;1-2-3/h2-5H,1H3;3H,2H2,1H3. The van der Waals surface area contributed by atoms with Gasteiger partial charge in [-0.3, -0.25) is 0 Å². The van der Waals surface area contributed by atoms with Crippen LogP contribution < -0.4 is 0 Å². The number of aryl methyl sites for hydroxylation is 1. The predicted octanol–water partition coefficient (Wildman–Crippen LogP) is 2.76. The second-order valence-electron chi connectivity index (χ2n) is 2.12. The molecule has 0 aliphatic heterocycles. The molecule has 0 fully saturated rings. The van der Waals surface area contributed by atoms with E-state index in [0.29, 0.717) is 0 Å². The van der Waals surface area contributed by atoms with E-state index in [0.717, 1.165) is 4.47 Å². The van der Waals surface area contributed by atoms with Crippen LogP contribution in [0.3, 0.4) is 0 Å². The van der Waals surface area contributed by atoms with Crippen molar-refractivity contribution < 1.29 is 5.11 Å². The highest BCUT2D eigenvalue weighted by Gasteiger charge is 1.82. The van der Waals surface area contributed by atoms with Crippen LogP contribution in [0.5, 0.6) is 0 Å². The normalized spacial score (nSPS) is 8.36. The fourth-order valence-electron chi connectivity index (χ4n) is 0.606. The van der Waals surface area contributed by atoms with Crippen molar-refractivity contribution in [3.63, 3.8) is 0 Å². The molecule has 1 aromatic carbocycles. The van der Waals surface area contributed by atoms with E-state index in [4.69, 9.17) is 5.11 Å². The Labute approximate surface area is 76.2 Å². The number of halogens is 1. The summed E-state index contributed by atoms with van der Waals surface area (Å²) in [5.41, 5.74) is 1.29. The Kier molecular flexibility index (Phi) is 6.18. The van der Waals surface area contributed by atoms with Crippen molar-refractivity contribution in [2.45, 2.75) is 13.8 Å². The summed E-state index contributed by atoms with van der Waals surface area (Å²) in [5, 5.41) is 7.57. The lowest BCUT2D eigenvalue weighted by Crippen LogP contribution is -1.67. The van der Waals surface area contributed by atoms with Crippen LogP contribution in [0.4, 0.5) is 0 Å². The molecule has 0 aliphatic rings. The monoisotopic (exact) mass is 216 g/mol. The Balaban J connectivity index is 0.000000292. The molecule has 0 atom stereocenters. The molecule has 2 heteroatoms. The lowest BCUT2D eigenvalue weighted by molar-refractivity contribution is 0.318. The second kappa shape index (κ2) is 6.38. The van der Waals surface area contributed by atoms with Crippen LogP contribution in [0.25, 0.3) is 0 Å². The van der Waals surface area contributed by atoms with Crippen LogP contribution in [0.1, 0.15) is 12.5 Å². The van der Waals surface area contributed by atoms with Crippen LogP contribution in [0.15, 0.2) is 28.7 Å². The van der Waals surface area contributed by atoms with Crippen LogP contribution >= 0.6 is 15.9 Å². The number of rotatable bonds is 0. The van der Waals surface area contributed by atoms with Gasteiger partial charge in [0.2, 0.25) is 0 Å². The molecule has 0 spiro atoms. The third kappa shape index (κ3) is 6.07. The Bertz CT molecular complexity index is 181. The second-order valence-corrected chi connectivity index (χ2v) is 3.03. The number of aliphatic hydroxyl groups excluding tert-OH is 1. The Morgan fingerprint density at radius 1 is 1.45 bits per heavy atom. The van der Waals surface area contributed by atoms with Crippen molar-refractivity contribution in [2.75, 3.05) is 6.61 Å².